The van der Waals surface area contributed by atoms with Crippen LogP contribution in [0.4, 0.5) is 10.5 Å². The third-order valence-electron chi connectivity index (χ3n) is 2.88. The number of urea groups is 1. The van der Waals surface area contributed by atoms with Crippen LogP contribution in [0.3, 0.4) is 0 Å². The summed E-state index contributed by atoms with van der Waals surface area (Å²) in [7, 11) is 1.61. The molecule has 2 rings (SSSR count). The highest BCUT2D eigenvalue weighted by Crippen LogP contribution is 2.11. The van der Waals surface area contributed by atoms with E-state index in [1.165, 1.54) is 0 Å². The maximum Gasteiger partial charge on any atom is 0.319 e. The van der Waals surface area contributed by atoms with E-state index < -0.39 is 0 Å². The molecule has 0 aliphatic rings. The van der Waals surface area contributed by atoms with Gasteiger partial charge in [0.15, 0.2) is 0 Å². The van der Waals surface area contributed by atoms with Gasteiger partial charge in [0.2, 0.25) is 0 Å². The average molecular weight is 281 g/mol. The van der Waals surface area contributed by atoms with Gasteiger partial charge < -0.3 is 15.4 Å². The first-order chi connectivity index (χ1) is 10.2. The van der Waals surface area contributed by atoms with Crippen molar-refractivity contribution < 1.29 is 9.53 Å². The summed E-state index contributed by atoms with van der Waals surface area (Å²) in [6.45, 7) is 0.423. The van der Waals surface area contributed by atoms with E-state index in [1.807, 2.05) is 30.3 Å². The summed E-state index contributed by atoms with van der Waals surface area (Å²) in [6.07, 6.45) is 0. The monoisotopic (exact) mass is 281 g/mol. The third kappa shape index (κ3) is 4.25. The van der Waals surface area contributed by atoms with Crippen LogP contribution >= 0.6 is 0 Å². The van der Waals surface area contributed by atoms with Gasteiger partial charge in [0.1, 0.15) is 5.75 Å². The molecule has 5 nitrogen and oxygen atoms in total. The lowest BCUT2D eigenvalue weighted by atomic mass is 10.2. The number of methoxy groups -OCH3 is 1. The topological polar surface area (TPSA) is 74.2 Å². The van der Waals surface area contributed by atoms with E-state index in [-0.39, 0.29) is 6.03 Å². The smallest absolute Gasteiger partial charge is 0.319 e. The Morgan fingerprint density at radius 3 is 2.38 bits per heavy atom. The van der Waals surface area contributed by atoms with Crippen LogP contribution < -0.4 is 15.4 Å². The molecule has 2 aromatic rings. The molecule has 0 radical (unpaired) electrons. The van der Waals surface area contributed by atoms with Crippen molar-refractivity contribution in [3.8, 4) is 11.8 Å². The van der Waals surface area contributed by atoms with E-state index in [0.29, 0.717) is 17.8 Å². The molecular formula is C16H15N3O2. The predicted octanol–water partition coefficient (Wildman–Crippen LogP) is 2.89. The van der Waals surface area contributed by atoms with Crippen molar-refractivity contribution in [2.75, 3.05) is 12.4 Å². The van der Waals surface area contributed by atoms with E-state index in [1.54, 1.807) is 31.4 Å². The zero-order valence-electron chi connectivity index (χ0n) is 11.6. The molecule has 0 bridgehead atoms. The number of anilines is 1. The molecule has 0 fully saturated rings. The highest BCUT2D eigenvalue weighted by molar-refractivity contribution is 5.89. The summed E-state index contributed by atoms with van der Waals surface area (Å²) in [5.74, 6) is 0.779. The number of amides is 2. The molecule has 0 atom stereocenters. The van der Waals surface area contributed by atoms with Crippen molar-refractivity contribution in [2.24, 2.45) is 0 Å². The maximum atomic E-state index is 11.8. The summed E-state index contributed by atoms with van der Waals surface area (Å²) in [4.78, 5) is 11.8. The molecule has 0 spiro atoms. The molecule has 0 saturated heterocycles. The fourth-order valence-corrected chi connectivity index (χ4v) is 1.73. The van der Waals surface area contributed by atoms with Crippen LogP contribution in [0.15, 0.2) is 48.5 Å². The Hall–Kier alpha value is -3.00. The normalized spacial score (nSPS) is 9.52. The van der Waals surface area contributed by atoms with E-state index in [9.17, 15) is 4.79 Å². The molecule has 0 saturated carbocycles. The Bertz CT molecular complexity index is 643. The largest absolute Gasteiger partial charge is 0.497 e. The molecule has 2 aromatic carbocycles. The minimum absolute atomic E-state index is 0.296. The van der Waals surface area contributed by atoms with Crippen molar-refractivity contribution >= 4 is 11.7 Å². The SMILES string of the molecule is COc1ccc(CNC(=O)Nc2ccc(C#N)cc2)cc1. The van der Waals surface area contributed by atoms with Crippen molar-refractivity contribution in [3.63, 3.8) is 0 Å². The third-order valence-corrected chi connectivity index (χ3v) is 2.88. The van der Waals surface area contributed by atoms with Crippen molar-refractivity contribution in [3.05, 3.63) is 59.7 Å². The molecule has 0 unspecified atom stereocenters. The molecule has 2 N–H and O–H groups in total. The fourth-order valence-electron chi connectivity index (χ4n) is 1.73. The summed E-state index contributed by atoms with van der Waals surface area (Å²) < 4.78 is 5.07. The van der Waals surface area contributed by atoms with Crippen LogP contribution in [0.1, 0.15) is 11.1 Å². The van der Waals surface area contributed by atoms with E-state index >= 15 is 0 Å². The number of carbonyl (C=O) groups excluding carboxylic acids is 1. The van der Waals surface area contributed by atoms with Crippen LogP contribution in [0, 0.1) is 11.3 Å². The summed E-state index contributed by atoms with van der Waals surface area (Å²) in [5.41, 5.74) is 2.17. The van der Waals surface area contributed by atoms with E-state index in [4.69, 9.17) is 10.00 Å². The molecule has 21 heavy (non-hydrogen) atoms. The van der Waals surface area contributed by atoms with Gasteiger partial charge in [0.25, 0.3) is 0 Å². The lowest BCUT2D eigenvalue weighted by molar-refractivity contribution is 0.251. The summed E-state index contributed by atoms with van der Waals surface area (Å²) in [5, 5.41) is 14.2. The van der Waals surface area contributed by atoms with Gasteiger partial charge in [-0.2, -0.15) is 5.26 Å². The zero-order chi connectivity index (χ0) is 15.1. The van der Waals surface area contributed by atoms with Crippen LogP contribution in [-0.4, -0.2) is 13.1 Å². The van der Waals surface area contributed by atoms with Gasteiger partial charge in [-0.25, -0.2) is 4.79 Å². The fraction of sp³-hybridized carbons (Fsp3) is 0.125. The second-order valence-corrected chi connectivity index (χ2v) is 4.34. The molecule has 0 aliphatic carbocycles. The number of hydrogen-bond acceptors (Lipinski definition) is 3. The quantitative estimate of drug-likeness (QED) is 0.905. The van der Waals surface area contributed by atoms with Crippen LogP contribution in [0.25, 0.3) is 0 Å². The molecule has 106 valence electrons. The number of nitriles is 1. The van der Waals surface area contributed by atoms with Gasteiger partial charge in [0.05, 0.1) is 18.7 Å². The van der Waals surface area contributed by atoms with Crippen LogP contribution in [-0.2, 0) is 6.54 Å². The Morgan fingerprint density at radius 1 is 1.14 bits per heavy atom. The van der Waals surface area contributed by atoms with Gasteiger partial charge in [-0.15, -0.1) is 0 Å². The molecule has 2 amide bonds. The Labute approximate surface area is 123 Å². The first kappa shape index (κ1) is 14.4. The van der Waals surface area contributed by atoms with Gasteiger partial charge >= 0.3 is 6.03 Å². The number of ether oxygens (including phenoxy) is 1. The standard InChI is InChI=1S/C16H15N3O2/c1-21-15-8-4-13(5-9-15)11-18-16(20)19-14-6-2-12(10-17)3-7-14/h2-9H,11H2,1H3,(H2,18,19,20). The molecule has 0 aliphatic heterocycles. The minimum Gasteiger partial charge on any atom is -0.497 e. The van der Waals surface area contributed by atoms with Gasteiger partial charge in [-0.3, -0.25) is 0 Å². The number of carbonyl (C=O) groups is 1. The van der Waals surface area contributed by atoms with Gasteiger partial charge in [-0.05, 0) is 42.0 Å². The highest BCUT2D eigenvalue weighted by Gasteiger charge is 2.02. The Kier molecular flexibility index (Phi) is 4.78. The molecule has 0 aromatic heterocycles. The van der Waals surface area contributed by atoms with E-state index in [2.05, 4.69) is 10.6 Å². The van der Waals surface area contributed by atoms with Crippen molar-refractivity contribution in [2.45, 2.75) is 6.54 Å². The highest BCUT2D eigenvalue weighted by atomic mass is 16.5. The minimum atomic E-state index is -0.296. The molecule has 0 heterocycles. The number of benzene rings is 2. The zero-order valence-corrected chi connectivity index (χ0v) is 11.6. The Balaban J connectivity index is 1.85. The van der Waals surface area contributed by atoms with Gasteiger partial charge in [0, 0.05) is 12.2 Å². The van der Waals surface area contributed by atoms with Crippen molar-refractivity contribution in [1.29, 1.82) is 5.26 Å². The Morgan fingerprint density at radius 2 is 1.81 bits per heavy atom. The summed E-state index contributed by atoms with van der Waals surface area (Å²) in [6, 6.07) is 15.9. The lowest BCUT2D eigenvalue weighted by Crippen LogP contribution is -2.28. The number of rotatable bonds is 4. The summed E-state index contributed by atoms with van der Waals surface area (Å²) >= 11 is 0. The number of nitrogens with zero attached hydrogens (tertiary/aromatic N) is 1. The second-order valence-electron chi connectivity index (χ2n) is 4.34. The van der Waals surface area contributed by atoms with Crippen LogP contribution in [0.5, 0.6) is 5.75 Å². The predicted molar refractivity (Wildman–Crippen MR) is 80.0 cm³/mol. The van der Waals surface area contributed by atoms with Gasteiger partial charge in [-0.1, -0.05) is 12.1 Å². The first-order valence-electron chi connectivity index (χ1n) is 6.39. The van der Waals surface area contributed by atoms with Crippen molar-refractivity contribution in [1.82, 2.24) is 5.32 Å². The molecule has 5 heteroatoms. The number of hydrogen-bond donors (Lipinski definition) is 2. The molecular weight excluding hydrogens is 266 g/mol. The second kappa shape index (κ2) is 6.96. The lowest BCUT2D eigenvalue weighted by Gasteiger charge is -2.08. The maximum absolute atomic E-state index is 11.8. The van der Waals surface area contributed by atoms with Crippen LogP contribution in [0.2, 0.25) is 0 Å². The average Bonchev–Trinajstić information content (AvgIpc) is 2.54. The first-order valence-corrected chi connectivity index (χ1v) is 6.39. The van der Waals surface area contributed by atoms with E-state index in [0.717, 1.165) is 11.3 Å². The number of nitrogens with one attached hydrogen (secondary N) is 2.